The van der Waals surface area contributed by atoms with E-state index in [0.29, 0.717) is 6.54 Å². The molecule has 0 aliphatic heterocycles. The lowest BCUT2D eigenvalue weighted by molar-refractivity contribution is 0.290. The van der Waals surface area contributed by atoms with Crippen molar-refractivity contribution in [3.8, 4) is 0 Å². The third-order valence-electron chi connectivity index (χ3n) is 2.66. The number of aromatic nitrogens is 4. The number of aryl methyl sites for hydroxylation is 1. The quantitative estimate of drug-likeness (QED) is 0.741. The second-order valence-corrected chi connectivity index (χ2v) is 4.36. The molecule has 2 heterocycles. The molecular formula is C12H19N5O. The number of likely N-dealkylation sites (N-methyl/N-ethyl adjacent to an activating group) is 1. The average Bonchev–Trinajstić information content (AvgIpc) is 2.99. The molecule has 2 aromatic rings. The summed E-state index contributed by atoms with van der Waals surface area (Å²) < 4.78 is 7.06. The highest BCUT2D eigenvalue weighted by Gasteiger charge is 2.08. The van der Waals surface area contributed by atoms with Gasteiger partial charge in [0.1, 0.15) is 0 Å². The molecule has 0 unspecified atom stereocenters. The molecule has 0 N–H and O–H groups in total. The van der Waals surface area contributed by atoms with E-state index in [2.05, 4.69) is 27.1 Å². The molecule has 0 aliphatic rings. The van der Waals surface area contributed by atoms with Crippen LogP contribution >= 0.6 is 0 Å². The molecule has 2 aromatic heterocycles. The molecule has 0 aliphatic carbocycles. The molecule has 0 atom stereocenters. The summed E-state index contributed by atoms with van der Waals surface area (Å²) >= 11 is 0. The molecule has 18 heavy (non-hydrogen) atoms. The third kappa shape index (κ3) is 3.66. The summed E-state index contributed by atoms with van der Waals surface area (Å²) in [6.07, 6.45) is 5.62. The van der Waals surface area contributed by atoms with Crippen LogP contribution in [0.25, 0.3) is 0 Å². The van der Waals surface area contributed by atoms with Crippen molar-refractivity contribution in [3.63, 3.8) is 0 Å². The lowest BCUT2D eigenvalue weighted by atomic mass is 10.3. The van der Waals surface area contributed by atoms with E-state index in [1.54, 1.807) is 6.20 Å². The maximum Gasteiger partial charge on any atom is 0.226 e. The zero-order valence-electron chi connectivity index (χ0n) is 10.9. The third-order valence-corrected chi connectivity index (χ3v) is 2.66. The molecule has 0 bridgehead atoms. The first kappa shape index (κ1) is 12.8. The van der Waals surface area contributed by atoms with Crippen molar-refractivity contribution >= 4 is 0 Å². The number of hydrogen-bond donors (Lipinski definition) is 0. The molecule has 0 saturated carbocycles. The van der Waals surface area contributed by atoms with Crippen molar-refractivity contribution in [1.82, 2.24) is 24.8 Å². The van der Waals surface area contributed by atoms with Gasteiger partial charge in [-0.25, -0.2) is 0 Å². The fourth-order valence-electron chi connectivity index (χ4n) is 1.70. The summed E-state index contributed by atoms with van der Waals surface area (Å²) in [6.45, 7) is 4.57. The minimum absolute atomic E-state index is 0.703. The van der Waals surface area contributed by atoms with Gasteiger partial charge < -0.3 is 4.52 Å². The first-order chi connectivity index (χ1) is 8.78. The minimum atomic E-state index is 0.703. The van der Waals surface area contributed by atoms with Crippen LogP contribution in [-0.2, 0) is 19.5 Å². The van der Waals surface area contributed by atoms with Crippen molar-refractivity contribution in [2.24, 2.45) is 0 Å². The van der Waals surface area contributed by atoms with Gasteiger partial charge in [0.25, 0.3) is 0 Å². The van der Waals surface area contributed by atoms with E-state index in [4.69, 9.17) is 4.52 Å². The summed E-state index contributed by atoms with van der Waals surface area (Å²) in [4.78, 5) is 6.50. The van der Waals surface area contributed by atoms with E-state index < -0.39 is 0 Å². The normalized spacial score (nSPS) is 11.3. The molecule has 0 fully saturated rings. The lowest BCUT2D eigenvalue weighted by Gasteiger charge is -2.13. The van der Waals surface area contributed by atoms with E-state index in [1.807, 2.05) is 24.0 Å². The Morgan fingerprint density at radius 1 is 1.44 bits per heavy atom. The molecule has 0 aromatic carbocycles. The molecule has 6 heteroatoms. The van der Waals surface area contributed by atoms with E-state index >= 15 is 0 Å². The Labute approximate surface area is 107 Å². The fraction of sp³-hybridized carbons (Fsp3) is 0.583. The van der Waals surface area contributed by atoms with E-state index in [0.717, 1.165) is 37.6 Å². The van der Waals surface area contributed by atoms with Gasteiger partial charge in [0.15, 0.2) is 5.82 Å². The molecule has 0 radical (unpaired) electrons. The number of nitrogens with zero attached hydrogens (tertiary/aromatic N) is 5. The zero-order valence-corrected chi connectivity index (χ0v) is 10.9. The standard InChI is InChI=1S/C12H19N5O/c1-3-5-12-14-11(15-18-12)10-16(2)8-9-17-7-4-6-13-17/h4,6-7H,3,5,8-10H2,1-2H3. The van der Waals surface area contributed by atoms with Crippen LogP contribution in [0.3, 0.4) is 0 Å². The predicted octanol–water partition coefficient (Wildman–Crippen LogP) is 1.35. The van der Waals surface area contributed by atoms with Crippen LogP contribution in [0.2, 0.25) is 0 Å². The molecule has 0 saturated heterocycles. The van der Waals surface area contributed by atoms with Gasteiger partial charge in [0.05, 0.1) is 13.1 Å². The zero-order chi connectivity index (χ0) is 12.8. The Balaban J connectivity index is 1.77. The fourth-order valence-corrected chi connectivity index (χ4v) is 1.70. The van der Waals surface area contributed by atoms with Crippen molar-refractivity contribution in [1.29, 1.82) is 0 Å². The van der Waals surface area contributed by atoms with Crippen LogP contribution in [0.4, 0.5) is 0 Å². The van der Waals surface area contributed by atoms with Crippen LogP contribution < -0.4 is 0 Å². The topological polar surface area (TPSA) is 60.0 Å². The second kappa shape index (κ2) is 6.30. The molecule has 98 valence electrons. The first-order valence-corrected chi connectivity index (χ1v) is 6.25. The van der Waals surface area contributed by atoms with Gasteiger partial charge in [-0.15, -0.1) is 0 Å². The van der Waals surface area contributed by atoms with Gasteiger partial charge in [-0.2, -0.15) is 10.1 Å². The van der Waals surface area contributed by atoms with Crippen molar-refractivity contribution in [2.45, 2.75) is 32.9 Å². The molecule has 2 rings (SSSR count). The van der Waals surface area contributed by atoms with Crippen LogP contribution in [0.1, 0.15) is 25.1 Å². The van der Waals surface area contributed by atoms with Gasteiger partial charge in [0, 0.05) is 25.4 Å². The first-order valence-electron chi connectivity index (χ1n) is 6.25. The van der Waals surface area contributed by atoms with Crippen molar-refractivity contribution in [3.05, 3.63) is 30.2 Å². The van der Waals surface area contributed by atoms with Gasteiger partial charge in [-0.05, 0) is 19.5 Å². The Morgan fingerprint density at radius 2 is 2.33 bits per heavy atom. The Kier molecular flexibility index (Phi) is 4.46. The van der Waals surface area contributed by atoms with E-state index in [-0.39, 0.29) is 0 Å². The van der Waals surface area contributed by atoms with Gasteiger partial charge >= 0.3 is 0 Å². The summed E-state index contributed by atoms with van der Waals surface area (Å²) in [5.41, 5.74) is 0. The molecule has 0 spiro atoms. The van der Waals surface area contributed by atoms with Crippen molar-refractivity contribution in [2.75, 3.05) is 13.6 Å². The van der Waals surface area contributed by atoms with Crippen LogP contribution in [0.15, 0.2) is 23.0 Å². The van der Waals surface area contributed by atoms with Crippen LogP contribution in [-0.4, -0.2) is 38.4 Å². The summed E-state index contributed by atoms with van der Waals surface area (Å²) in [5, 5.41) is 8.13. The Morgan fingerprint density at radius 3 is 3.06 bits per heavy atom. The Hall–Kier alpha value is -1.69. The Bertz CT molecular complexity index is 451. The maximum atomic E-state index is 5.15. The number of rotatable bonds is 7. The highest BCUT2D eigenvalue weighted by Crippen LogP contribution is 2.03. The van der Waals surface area contributed by atoms with Crippen molar-refractivity contribution < 1.29 is 4.52 Å². The summed E-state index contributed by atoms with van der Waals surface area (Å²) in [5.74, 6) is 1.48. The van der Waals surface area contributed by atoms with Gasteiger partial charge in [-0.3, -0.25) is 9.58 Å². The van der Waals surface area contributed by atoms with Crippen LogP contribution in [0, 0.1) is 0 Å². The SMILES string of the molecule is CCCc1nc(CN(C)CCn2cccn2)no1. The minimum Gasteiger partial charge on any atom is -0.339 e. The second-order valence-electron chi connectivity index (χ2n) is 4.36. The highest BCUT2D eigenvalue weighted by molar-refractivity contribution is 4.86. The number of hydrogen-bond acceptors (Lipinski definition) is 5. The van der Waals surface area contributed by atoms with Gasteiger partial charge in [0.2, 0.25) is 5.89 Å². The summed E-state index contributed by atoms with van der Waals surface area (Å²) in [7, 11) is 2.04. The predicted molar refractivity (Wildman–Crippen MR) is 66.9 cm³/mol. The molecule has 6 nitrogen and oxygen atoms in total. The monoisotopic (exact) mass is 249 g/mol. The smallest absolute Gasteiger partial charge is 0.226 e. The highest BCUT2D eigenvalue weighted by atomic mass is 16.5. The van der Waals surface area contributed by atoms with Crippen LogP contribution in [0.5, 0.6) is 0 Å². The largest absolute Gasteiger partial charge is 0.339 e. The molecular weight excluding hydrogens is 230 g/mol. The molecule has 0 amide bonds. The lowest BCUT2D eigenvalue weighted by Crippen LogP contribution is -2.23. The summed E-state index contributed by atoms with van der Waals surface area (Å²) in [6, 6.07) is 1.93. The average molecular weight is 249 g/mol. The van der Waals surface area contributed by atoms with Gasteiger partial charge in [-0.1, -0.05) is 12.1 Å². The van der Waals surface area contributed by atoms with E-state index in [1.165, 1.54) is 0 Å². The van der Waals surface area contributed by atoms with E-state index in [9.17, 15) is 0 Å². The maximum absolute atomic E-state index is 5.15.